The van der Waals surface area contributed by atoms with E-state index >= 15 is 0 Å². The average molecular weight is 343 g/mol. The van der Waals surface area contributed by atoms with Crippen molar-refractivity contribution in [2.24, 2.45) is 5.92 Å². The molecule has 1 aromatic carbocycles. The molecule has 5 nitrogen and oxygen atoms in total. The van der Waals surface area contributed by atoms with Gasteiger partial charge in [0.1, 0.15) is 5.75 Å². The van der Waals surface area contributed by atoms with Crippen LogP contribution in [0.4, 0.5) is 5.69 Å². The summed E-state index contributed by atoms with van der Waals surface area (Å²) in [6, 6.07) is 5.34. The van der Waals surface area contributed by atoms with Crippen LogP contribution >= 0.6 is 12.4 Å². The summed E-state index contributed by atoms with van der Waals surface area (Å²) in [6.45, 7) is 7.46. The van der Waals surface area contributed by atoms with E-state index in [1.165, 1.54) is 0 Å². The molecule has 1 aliphatic heterocycles. The van der Waals surface area contributed by atoms with Gasteiger partial charge in [-0.15, -0.1) is 12.4 Å². The Balaban J connectivity index is 0.00000264. The van der Waals surface area contributed by atoms with Gasteiger partial charge in [0, 0.05) is 18.3 Å². The van der Waals surface area contributed by atoms with Crippen molar-refractivity contribution in [2.45, 2.75) is 45.8 Å². The first-order valence-electron chi connectivity index (χ1n) is 7.91. The number of aliphatic hydroxyl groups excluding tert-OH is 1. The average Bonchev–Trinajstić information content (AvgIpc) is 2.88. The van der Waals surface area contributed by atoms with Gasteiger partial charge in [0.05, 0.1) is 18.8 Å². The lowest BCUT2D eigenvalue weighted by Gasteiger charge is -2.14. The van der Waals surface area contributed by atoms with E-state index in [-0.39, 0.29) is 24.4 Å². The Hall–Kier alpha value is -1.30. The monoisotopic (exact) mass is 342 g/mol. The first kappa shape index (κ1) is 19.7. The standard InChI is InChI=1S/C17H26N2O3.ClH/c1-11(2)6-7-22-16-8-13(5-4-12(16)3)19-17(21)15-9-14(20)10-18-15;/h4-5,8,11,14-15,18,20H,6-7,9-10H2,1-3H3,(H,19,21);1H. The van der Waals surface area contributed by atoms with Crippen molar-refractivity contribution in [3.8, 4) is 5.75 Å². The van der Waals surface area contributed by atoms with E-state index in [0.29, 0.717) is 25.5 Å². The Kier molecular flexibility index (Phi) is 7.82. The third-order valence-corrected chi connectivity index (χ3v) is 3.83. The number of halogens is 1. The van der Waals surface area contributed by atoms with Gasteiger partial charge >= 0.3 is 0 Å². The highest BCUT2D eigenvalue weighted by molar-refractivity contribution is 5.95. The molecule has 0 radical (unpaired) electrons. The number of amides is 1. The summed E-state index contributed by atoms with van der Waals surface area (Å²) < 4.78 is 5.81. The number of ether oxygens (including phenoxy) is 1. The third-order valence-electron chi connectivity index (χ3n) is 3.83. The molecular weight excluding hydrogens is 316 g/mol. The number of rotatable bonds is 6. The minimum Gasteiger partial charge on any atom is -0.493 e. The molecule has 1 aliphatic rings. The third kappa shape index (κ3) is 6.01. The van der Waals surface area contributed by atoms with Crippen LogP contribution in [0.15, 0.2) is 18.2 Å². The Morgan fingerprint density at radius 2 is 2.22 bits per heavy atom. The molecule has 23 heavy (non-hydrogen) atoms. The molecule has 1 heterocycles. The predicted octanol–water partition coefficient (Wildman–Crippen LogP) is 2.50. The summed E-state index contributed by atoms with van der Waals surface area (Å²) in [5.41, 5.74) is 1.77. The second-order valence-electron chi connectivity index (χ2n) is 6.35. The molecule has 1 saturated heterocycles. The molecule has 6 heteroatoms. The molecule has 0 saturated carbocycles. The number of anilines is 1. The number of hydrogen-bond acceptors (Lipinski definition) is 4. The van der Waals surface area contributed by atoms with Crippen LogP contribution in [-0.2, 0) is 4.79 Å². The summed E-state index contributed by atoms with van der Waals surface area (Å²) in [7, 11) is 0. The maximum Gasteiger partial charge on any atom is 0.241 e. The molecule has 2 unspecified atom stereocenters. The van der Waals surface area contributed by atoms with Crippen LogP contribution in [0.2, 0.25) is 0 Å². The molecule has 1 fully saturated rings. The molecule has 130 valence electrons. The van der Waals surface area contributed by atoms with Gasteiger partial charge in [-0.1, -0.05) is 19.9 Å². The van der Waals surface area contributed by atoms with E-state index in [2.05, 4.69) is 24.5 Å². The number of nitrogens with one attached hydrogen (secondary N) is 2. The number of carbonyl (C=O) groups excluding carboxylic acids is 1. The summed E-state index contributed by atoms with van der Waals surface area (Å²) in [5.74, 6) is 1.29. The highest BCUT2D eigenvalue weighted by Crippen LogP contribution is 2.23. The Labute approximate surface area is 144 Å². The molecule has 2 atom stereocenters. The Morgan fingerprint density at radius 1 is 1.48 bits per heavy atom. The zero-order valence-electron chi connectivity index (χ0n) is 14.0. The fourth-order valence-electron chi connectivity index (χ4n) is 2.38. The zero-order valence-corrected chi connectivity index (χ0v) is 14.8. The first-order chi connectivity index (χ1) is 10.5. The molecule has 0 bridgehead atoms. The lowest BCUT2D eigenvalue weighted by atomic mass is 10.1. The Morgan fingerprint density at radius 3 is 2.83 bits per heavy atom. The molecule has 1 aromatic rings. The SMILES string of the molecule is Cc1ccc(NC(=O)C2CC(O)CN2)cc1OCCC(C)C.Cl. The predicted molar refractivity (Wildman–Crippen MR) is 94.4 cm³/mol. The van der Waals surface area contributed by atoms with Crippen LogP contribution in [-0.4, -0.2) is 36.3 Å². The summed E-state index contributed by atoms with van der Waals surface area (Å²) >= 11 is 0. The number of hydrogen-bond donors (Lipinski definition) is 3. The number of aryl methyl sites for hydroxylation is 1. The van der Waals surface area contributed by atoms with Crippen LogP contribution in [0.3, 0.4) is 0 Å². The van der Waals surface area contributed by atoms with Crippen molar-refractivity contribution in [1.29, 1.82) is 0 Å². The quantitative estimate of drug-likeness (QED) is 0.743. The maximum atomic E-state index is 12.1. The normalized spacial score (nSPS) is 20.2. The van der Waals surface area contributed by atoms with Gasteiger partial charge in [-0.3, -0.25) is 4.79 Å². The molecule has 0 spiro atoms. The van der Waals surface area contributed by atoms with Gasteiger partial charge in [-0.25, -0.2) is 0 Å². The summed E-state index contributed by atoms with van der Waals surface area (Å²) in [4.78, 5) is 12.1. The fourth-order valence-corrected chi connectivity index (χ4v) is 2.38. The van der Waals surface area contributed by atoms with Gasteiger partial charge in [0.2, 0.25) is 5.91 Å². The van der Waals surface area contributed by atoms with Crippen LogP contribution in [0.25, 0.3) is 0 Å². The molecule has 3 N–H and O–H groups in total. The Bertz CT molecular complexity index is 523. The van der Waals surface area contributed by atoms with E-state index in [1.54, 1.807) is 0 Å². The lowest BCUT2D eigenvalue weighted by Crippen LogP contribution is -2.35. The highest BCUT2D eigenvalue weighted by Gasteiger charge is 2.28. The minimum absolute atomic E-state index is 0. The number of β-amino-alcohol motifs (C(OH)–C–C–N with tert-alkyl or cyclic N) is 1. The van der Waals surface area contributed by atoms with Gasteiger partial charge in [0.15, 0.2) is 0 Å². The van der Waals surface area contributed by atoms with Crippen molar-refractivity contribution in [2.75, 3.05) is 18.5 Å². The largest absolute Gasteiger partial charge is 0.493 e. The van der Waals surface area contributed by atoms with E-state index in [9.17, 15) is 9.90 Å². The van der Waals surface area contributed by atoms with Crippen LogP contribution in [0.5, 0.6) is 5.75 Å². The van der Waals surface area contributed by atoms with E-state index in [1.807, 2.05) is 25.1 Å². The smallest absolute Gasteiger partial charge is 0.241 e. The van der Waals surface area contributed by atoms with Gasteiger partial charge in [-0.2, -0.15) is 0 Å². The second kappa shape index (κ2) is 9.11. The topological polar surface area (TPSA) is 70.6 Å². The molecule has 0 aromatic heterocycles. The second-order valence-corrected chi connectivity index (χ2v) is 6.35. The fraction of sp³-hybridized carbons (Fsp3) is 0.588. The number of aliphatic hydroxyl groups is 1. The molecule has 1 amide bonds. The lowest BCUT2D eigenvalue weighted by molar-refractivity contribution is -0.117. The molecule has 2 rings (SSSR count). The van der Waals surface area contributed by atoms with Crippen LogP contribution in [0, 0.1) is 12.8 Å². The maximum absolute atomic E-state index is 12.1. The zero-order chi connectivity index (χ0) is 16.1. The first-order valence-corrected chi connectivity index (χ1v) is 7.91. The van der Waals surface area contributed by atoms with Gasteiger partial charge in [0.25, 0.3) is 0 Å². The van der Waals surface area contributed by atoms with E-state index < -0.39 is 6.10 Å². The van der Waals surface area contributed by atoms with E-state index in [4.69, 9.17) is 4.74 Å². The highest BCUT2D eigenvalue weighted by atomic mass is 35.5. The number of benzene rings is 1. The van der Waals surface area contributed by atoms with E-state index in [0.717, 1.165) is 23.4 Å². The summed E-state index contributed by atoms with van der Waals surface area (Å²) in [6.07, 6.45) is 1.01. The van der Waals surface area contributed by atoms with Crippen molar-refractivity contribution < 1.29 is 14.6 Å². The van der Waals surface area contributed by atoms with Gasteiger partial charge < -0.3 is 20.5 Å². The van der Waals surface area contributed by atoms with Crippen molar-refractivity contribution >= 4 is 24.0 Å². The van der Waals surface area contributed by atoms with Crippen LogP contribution in [0.1, 0.15) is 32.3 Å². The van der Waals surface area contributed by atoms with Crippen molar-refractivity contribution in [3.63, 3.8) is 0 Å². The van der Waals surface area contributed by atoms with Crippen molar-refractivity contribution in [3.05, 3.63) is 23.8 Å². The van der Waals surface area contributed by atoms with Crippen LogP contribution < -0.4 is 15.4 Å². The minimum atomic E-state index is -0.441. The van der Waals surface area contributed by atoms with Crippen molar-refractivity contribution in [1.82, 2.24) is 5.32 Å². The number of carbonyl (C=O) groups is 1. The molecule has 0 aliphatic carbocycles. The van der Waals surface area contributed by atoms with Gasteiger partial charge in [-0.05, 0) is 37.3 Å². The summed E-state index contributed by atoms with van der Waals surface area (Å²) in [5, 5.41) is 15.4. The molecular formula is C17H27ClN2O3.